The lowest BCUT2D eigenvalue weighted by molar-refractivity contribution is 0.536. The van der Waals surface area contributed by atoms with E-state index in [1.165, 1.54) is 11.6 Å². The zero-order valence-electron chi connectivity index (χ0n) is 11.1. The fourth-order valence-electron chi connectivity index (χ4n) is 2.97. The highest BCUT2D eigenvalue weighted by molar-refractivity contribution is 5.40. The number of hydrogen-bond acceptors (Lipinski definition) is 1. The van der Waals surface area contributed by atoms with Crippen LogP contribution in [0.1, 0.15) is 35.6 Å². The third kappa shape index (κ3) is 2.06. The average Bonchev–Trinajstić information content (AvgIpc) is 3.20. The van der Waals surface area contributed by atoms with Gasteiger partial charge in [0.05, 0.1) is 0 Å². The molecule has 2 N–H and O–H groups in total. The summed E-state index contributed by atoms with van der Waals surface area (Å²) in [5, 5.41) is 0. The van der Waals surface area contributed by atoms with Crippen molar-refractivity contribution < 1.29 is 4.39 Å². The molecule has 2 heteroatoms. The van der Waals surface area contributed by atoms with Crippen LogP contribution in [0, 0.1) is 12.7 Å². The van der Waals surface area contributed by atoms with E-state index in [1.807, 2.05) is 19.1 Å². The second-order valence-corrected chi connectivity index (χ2v) is 5.50. The van der Waals surface area contributed by atoms with Crippen LogP contribution in [-0.4, -0.2) is 0 Å². The normalized spacial score (nSPS) is 18.1. The summed E-state index contributed by atoms with van der Waals surface area (Å²) in [7, 11) is 0. The Labute approximate surface area is 113 Å². The maximum Gasteiger partial charge on any atom is 0.123 e. The molecule has 0 bridgehead atoms. The second-order valence-electron chi connectivity index (χ2n) is 5.50. The molecule has 2 aromatic carbocycles. The van der Waals surface area contributed by atoms with E-state index in [1.54, 1.807) is 6.07 Å². The summed E-state index contributed by atoms with van der Waals surface area (Å²) in [5.41, 5.74) is 9.84. The van der Waals surface area contributed by atoms with E-state index < -0.39 is 0 Å². The molecule has 1 fully saturated rings. The van der Waals surface area contributed by atoms with Gasteiger partial charge >= 0.3 is 0 Å². The molecule has 0 aliphatic heterocycles. The van der Waals surface area contributed by atoms with Gasteiger partial charge in [-0.2, -0.15) is 0 Å². The molecule has 0 aromatic heterocycles. The lowest BCUT2D eigenvalue weighted by atomic mass is 9.83. The maximum absolute atomic E-state index is 13.2. The van der Waals surface area contributed by atoms with Crippen LogP contribution in [0.4, 0.5) is 4.39 Å². The molecule has 1 saturated carbocycles. The smallest absolute Gasteiger partial charge is 0.123 e. The Morgan fingerprint density at radius 1 is 1.11 bits per heavy atom. The maximum atomic E-state index is 13.2. The molecule has 1 atom stereocenters. The molecule has 3 rings (SSSR count). The zero-order chi connectivity index (χ0) is 13.5. The number of benzene rings is 2. The van der Waals surface area contributed by atoms with E-state index in [4.69, 9.17) is 5.73 Å². The van der Waals surface area contributed by atoms with E-state index in [-0.39, 0.29) is 17.3 Å². The first-order valence-electron chi connectivity index (χ1n) is 6.71. The number of nitrogens with two attached hydrogens (primary N) is 1. The highest BCUT2D eigenvalue weighted by atomic mass is 19.1. The average molecular weight is 255 g/mol. The molecule has 0 spiro atoms. The van der Waals surface area contributed by atoms with Crippen LogP contribution in [0.15, 0.2) is 48.5 Å². The number of halogens is 1. The summed E-state index contributed by atoms with van der Waals surface area (Å²) in [4.78, 5) is 0. The monoisotopic (exact) mass is 255 g/mol. The van der Waals surface area contributed by atoms with Gasteiger partial charge in [0.25, 0.3) is 0 Å². The van der Waals surface area contributed by atoms with Crippen molar-refractivity contribution in [1.29, 1.82) is 0 Å². The van der Waals surface area contributed by atoms with Crippen molar-refractivity contribution in [2.45, 2.75) is 31.2 Å². The van der Waals surface area contributed by atoms with E-state index in [9.17, 15) is 4.39 Å². The number of hydrogen-bond donors (Lipinski definition) is 1. The summed E-state index contributed by atoms with van der Waals surface area (Å²) < 4.78 is 13.2. The van der Waals surface area contributed by atoms with Crippen molar-refractivity contribution in [2.24, 2.45) is 5.73 Å². The third-order valence-electron chi connectivity index (χ3n) is 4.30. The highest BCUT2D eigenvalue weighted by Crippen LogP contribution is 2.55. The van der Waals surface area contributed by atoms with Gasteiger partial charge in [0.1, 0.15) is 5.82 Å². The first kappa shape index (κ1) is 12.4. The first-order valence-corrected chi connectivity index (χ1v) is 6.71. The molecule has 1 nitrogen and oxygen atoms in total. The van der Waals surface area contributed by atoms with Crippen LogP contribution >= 0.6 is 0 Å². The topological polar surface area (TPSA) is 26.0 Å². The van der Waals surface area contributed by atoms with Gasteiger partial charge in [-0.15, -0.1) is 0 Å². The summed E-state index contributed by atoms with van der Waals surface area (Å²) in [6, 6.07) is 15.3. The molecule has 19 heavy (non-hydrogen) atoms. The molecule has 0 saturated heterocycles. The van der Waals surface area contributed by atoms with Crippen LogP contribution in [0.25, 0.3) is 0 Å². The molecule has 1 unspecified atom stereocenters. The Bertz CT molecular complexity index is 587. The Balaban J connectivity index is 1.98. The molecule has 0 heterocycles. The zero-order valence-corrected chi connectivity index (χ0v) is 11.1. The van der Waals surface area contributed by atoms with Gasteiger partial charge in [-0.25, -0.2) is 4.39 Å². The quantitative estimate of drug-likeness (QED) is 0.885. The molecule has 0 radical (unpaired) electrons. The van der Waals surface area contributed by atoms with Crippen LogP contribution in [0.3, 0.4) is 0 Å². The molecule has 0 amide bonds. The van der Waals surface area contributed by atoms with Crippen molar-refractivity contribution in [3.63, 3.8) is 0 Å². The van der Waals surface area contributed by atoms with Gasteiger partial charge in [-0.1, -0.05) is 36.4 Å². The first-order chi connectivity index (χ1) is 9.13. The molecule has 1 aliphatic rings. The molecular weight excluding hydrogens is 237 g/mol. The Kier molecular flexibility index (Phi) is 2.90. The van der Waals surface area contributed by atoms with E-state index in [0.717, 1.165) is 24.0 Å². The van der Waals surface area contributed by atoms with E-state index in [0.29, 0.717) is 0 Å². The van der Waals surface area contributed by atoms with Gasteiger partial charge in [0.2, 0.25) is 0 Å². The minimum absolute atomic E-state index is 0.0455. The third-order valence-corrected chi connectivity index (χ3v) is 4.30. The number of aryl methyl sites for hydroxylation is 1. The van der Waals surface area contributed by atoms with Crippen molar-refractivity contribution in [1.82, 2.24) is 0 Å². The highest BCUT2D eigenvalue weighted by Gasteiger charge is 2.49. The fraction of sp³-hybridized carbons (Fsp3) is 0.294. The van der Waals surface area contributed by atoms with Gasteiger partial charge in [-0.3, -0.25) is 0 Å². The van der Waals surface area contributed by atoms with Crippen LogP contribution in [0.5, 0.6) is 0 Å². The minimum Gasteiger partial charge on any atom is -0.323 e. The van der Waals surface area contributed by atoms with Crippen molar-refractivity contribution in [2.75, 3.05) is 0 Å². The minimum atomic E-state index is -0.196. The van der Waals surface area contributed by atoms with Gasteiger partial charge in [-0.05, 0) is 48.6 Å². The summed E-state index contributed by atoms with van der Waals surface area (Å²) in [5.74, 6) is -0.196. The predicted octanol–water partition coefficient (Wildman–Crippen LogP) is 3.87. The molecule has 2 aromatic rings. The predicted molar refractivity (Wildman–Crippen MR) is 75.4 cm³/mol. The number of rotatable bonds is 3. The largest absolute Gasteiger partial charge is 0.323 e. The SMILES string of the molecule is Cc1cc(F)ccc1C(N)C1(c2ccccc2)CC1. The molecule has 98 valence electrons. The Hall–Kier alpha value is -1.67. The summed E-state index contributed by atoms with van der Waals surface area (Å²) in [6.07, 6.45) is 2.21. The van der Waals surface area contributed by atoms with Gasteiger partial charge in [0, 0.05) is 11.5 Å². The Morgan fingerprint density at radius 2 is 1.79 bits per heavy atom. The molecular formula is C17H18FN. The van der Waals surface area contributed by atoms with E-state index >= 15 is 0 Å². The van der Waals surface area contributed by atoms with Crippen molar-refractivity contribution in [3.05, 3.63) is 71.0 Å². The van der Waals surface area contributed by atoms with Crippen LogP contribution in [-0.2, 0) is 5.41 Å². The van der Waals surface area contributed by atoms with Crippen molar-refractivity contribution in [3.8, 4) is 0 Å². The Morgan fingerprint density at radius 3 is 2.37 bits per heavy atom. The molecule has 1 aliphatic carbocycles. The van der Waals surface area contributed by atoms with Gasteiger partial charge in [0.15, 0.2) is 0 Å². The van der Waals surface area contributed by atoms with Crippen LogP contribution in [0.2, 0.25) is 0 Å². The van der Waals surface area contributed by atoms with E-state index in [2.05, 4.69) is 24.3 Å². The van der Waals surface area contributed by atoms with Gasteiger partial charge < -0.3 is 5.73 Å². The summed E-state index contributed by atoms with van der Waals surface area (Å²) >= 11 is 0. The van der Waals surface area contributed by atoms with Crippen molar-refractivity contribution >= 4 is 0 Å². The second kappa shape index (κ2) is 4.46. The lowest BCUT2D eigenvalue weighted by Gasteiger charge is -2.25. The standard InChI is InChI=1S/C17H18FN/c1-12-11-14(18)7-8-15(12)16(19)17(9-10-17)13-5-3-2-4-6-13/h2-8,11,16H,9-10,19H2,1H3. The lowest BCUT2D eigenvalue weighted by Crippen LogP contribution is -2.27. The van der Waals surface area contributed by atoms with Crippen LogP contribution < -0.4 is 5.73 Å². The fourth-order valence-corrected chi connectivity index (χ4v) is 2.97. The summed E-state index contributed by atoms with van der Waals surface area (Å²) in [6.45, 7) is 1.93.